The standard InChI is InChI=1S/C33H48F2O/c1-3-5-7-9-10-12-14-26-15-17-27(18-16-26)28-19-21-29(22-20-28)30-23-24-31(33(35)32(30)34)36-25-13-11-8-6-4-2/h19-24,26-27H,3-18,25H2,1-2H3. The summed E-state index contributed by atoms with van der Waals surface area (Å²) in [5, 5.41) is 0. The first-order valence-corrected chi connectivity index (χ1v) is 14.8. The molecule has 2 aromatic rings. The summed E-state index contributed by atoms with van der Waals surface area (Å²) in [4.78, 5) is 0. The van der Waals surface area contributed by atoms with Crippen molar-refractivity contribution >= 4 is 0 Å². The molecule has 0 heterocycles. The minimum absolute atomic E-state index is 0.0149. The van der Waals surface area contributed by atoms with Crippen molar-refractivity contribution in [3.8, 4) is 16.9 Å². The highest BCUT2D eigenvalue weighted by Crippen LogP contribution is 2.39. The first kappa shape index (κ1) is 28.7. The van der Waals surface area contributed by atoms with Crippen LogP contribution in [0.3, 0.4) is 0 Å². The van der Waals surface area contributed by atoms with Gasteiger partial charge in [-0.1, -0.05) is 109 Å². The zero-order valence-electron chi connectivity index (χ0n) is 22.8. The number of hydrogen-bond acceptors (Lipinski definition) is 1. The third kappa shape index (κ3) is 8.89. The van der Waals surface area contributed by atoms with Crippen LogP contribution in [-0.2, 0) is 0 Å². The van der Waals surface area contributed by atoms with Crippen molar-refractivity contribution in [3.63, 3.8) is 0 Å². The monoisotopic (exact) mass is 498 g/mol. The van der Waals surface area contributed by atoms with Gasteiger partial charge in [0.05, 0.1) is 6.61 Å². The van der Waals surface area contributed by atoms with Crippen LogP contribution in [0.5, 0.6) is 5.75 Å². The molecule has 0 unspecified atom stereocenters. The predicted molar refractivity (Wildman–Crippen MR) is 149 cm³/mol. The number of benzene rings is 2. The molecule has 1 aliphatic carbocycles. The van der Waals surface area contributed by atoms with Crippen molar-refractivity contribution < 1.29 is 13.5 Å². The first-order valence-electron chi connectivity index (χ1n) is 14.8. The van der Waals surface area contributed by atoms with E-state index in [1.807, 2.05) is 12.1 Å². The van der Waals surface area contributed by atoms with E-state index >= 15 is 0 Å². The summed E-state index contributed by atoms with van der Waals surface area (Å²) in [6.07, 6.45) is 20.3. The van der Waals surface area contributed by atoms with Gasteiger partial charge in [-0.25, -0.2) is 4.39 Å². The number of unbranched alkanes of at least 4 members (excludes halogenated alkanes) is 9. The first-order chi connectivity index (χ1) is 17.6. The molecule has 0 aromatic heterocycles. The van der Waals surface area contributed by atoms with Crippen molar-refractivity contribution in [2.24, 2.45) is 5.92 Å². The summed E-state index contributed by atoms with van der Waals surface area (Å²) in [7, 11) is 0. The number of hydrogen-bond donors (Lipinski definition) is 0. The highest BCUT2D eigenvalue weighted by Gasteiger charge is 2.22. The lowest BCUT2D eigenvalue weighted by molar-refractivity contribution is 0.285. The van der Waals surface area contributed by atoms with Gasteiger partial charge in [0.2, 0.25) is 5.82 Å². The van der Waals surface area contributed by atoms with Crippen molar-refractivity contribution in [1.29, 1.82) is 0 Å². The third-order valence-electron chi connectivity index (χ3n) is 8.06. The van der Waals surface area contributed by atoms with Crippen LogP contribution in [0.25, 0.3) is 11.1 Å². The molecule has 1 aliphatic rings. The maximum atomic E-state index is 14.9. The Morgan fingerprint density at radius 1 is 0.667 bits per heavy atom. The van der Waals surface area contributed by atoms with Gasteiger partial charge >= 0.3 is 0 Å². The lowest BCUT2D eigenvalue weighted by atomic mass is 9.77. The quantitative estimate of drug-likeness (QED) is 0.209. The van der Waals surface area contributed by atoms with E-state index in [4.69, 9.17) is 4.74 Å². The van der Waals surface area contributed by atoms with Crippen LogP contribution in [0.15, 0.2) is 36.4 Å². The molecule has 1 saturated carbocycles. The zero-order chi connectivity index (χ0) is 25.6. The van der Waals surface area contributed by atoms with Gasteiger partial charge in [-0.05, 0) is 67.2 Å². The van der Waals surface area contributed by atoms with E-state index < -0.39 is 11.6 Å². The number of ether oxygens (including phenoxy) is 1. The molecular weight excluding hydrogens is 450 g/mol. The van der Waals surface area contributed by atoms with E-state index in [-0.39, 0.29) is 5.75 Å². The van der Waals surface area contributed by atoms with Gasteiger partial charge in [-0.3, -0.25) is 0 Å². The van der Waals surface area contributed by atoms with Crippen LogP contribution in [0.2, 0.25) is 0 Å². The molecule has 0 amide bonds. The zero-order valence-corrected chi connectivity index (χ0v) is 22.8. The van der Waals surface area contributed by atoms with Gasteiger partial charge in [0.25, 0.3) is 0 Å². The van der Waals surface area contributed by atoms with E-state index in [1.165, 1.54) is 89.0 Å². The van der Waals surface area contributed by atoms with Crippen LogP contribution < -0.4 is 4.74 Å². The van der Waals surface area contributed by atoms with E-state index in [9.17, 15) is 8.78 Å². The fraction of sp³-hybridized carbons (Fsp3) is 0.636. The average Bonchev–Trinajstić information content (AvgIpc) is 2.91. The Bertz CT molecular complexity index is 868. The normalized spacial score (nSPS) is 17.9. The second kappa shape index (κ2) is 16.0. The highest BCUT2D eigenvalue weighted by atomic mass is 19.2. The molecule has 0 radical (unpaired) electrons. The molecule has 0 bridgehead atoms. The van der Waals surface area contributed by atoms with Crippen LogP contribution in [-0.4, -0.2) is 6.61 Å². The minimum atomic E-state index is -0.881. The second-order valence-electron chi connectivity index (χ2n) is 10.9. The van der Waals surface area contributed by atoms with E-state index in [2.05, 4.69) is 26.0 Å². The Morgan fingerprint density at radius 2 is 1.28 bits per heavy atom. The Labute approximate surface area is 219 Å². The SMILES string of the molecule is CCCCCCCCC1CCC(c2ccc(-c3ccc(OCCCCCCC)c(F)c3F)cc2)CC1. The van der Waals surface area contributed by atoms with Crippen LogP contribution >= 0.6 is 0 Å². The molecule has 200 valence electrons. The predicted octanol–water partition coefficient (Wildman–Crippen LogP) is 11.0. The second-order valence-corrected chi connectivity index (χ2v) is 10.9. The Kier molecular flexibility index (Phi) is 12.8. The summed E-state index contributed by atoms with van der Waals surface area (Å²) in [6.45, 7) is 4.87. The molecule has 36 heavy (non-hydrogen) atoms. The molecule has 1 fully saturated rings. The summed E-state index contributed by atoms with van der Waals surface area (Å²) >= 11 is 0. The minimum Gasteiger partial charge on any atom is -0.490 e. The molecule has 1 nitrogen and oxygen atoms in total. The lowest BCUT2D eigenvalue weighted by Gasteiger charge is -2.29. The molecule has 0 aliphatic heterocycles. The fourth-order valence-corrected chi connectivity index (χ4v) is 5.69. The summed E-state index contributed by atoms with van der Waals surface area (Å²) in [5.74, 6) is -0.202. The van der Waals surface area contributed by atoms with Gasteiger partial charge in [-0.15, -0.1) is 0 Å². The number of halogens is 2. The van der Waals surface area contributed by atoms with Crippen LogP contribution in [0.4, 0.5) is 8.78 Å². The maximum absolute atomic E-state index is 14.9. The fourth-order valence-electron chi connectivity index (χ4n) is 5.69. The van der Waals surface area contributed by atoms with Crippen LogP contribution in [0.1, 0.15) is 128 Å². The Hall–Kier alpha value is -1.90. The molecule has 0 atom stereocenters. The van der Waals surface area contributed by atoms with Gasteiger partial charge < -0.3 is 4.74 Å². The molecule has 0 spiro atoms. The summed E-state index contributed by atoms with van der Waals surface area (Å²) in [5.41, 5.74) is 2.36. The largest absolute Gasteiger partial charge is 0.490 e. The van der Waals surface area contributed by atoms with Gasteiger partial charge in [0, 0.05) is 5.56 Å². The third-order valence-corrected chi connectivity index (χ3v) is 8.06. The smallest absolute Gasteiger partial charge is 0.201 e. The topological polar surface area (TPSA) is 9.23 Å². The average molecular weight is 499 g/mol. The van der Waals surface area contributed by atoms with Crippen molar-refractivity contribution in [1.82, 2.24) is 0 Å². The molecule has 0 N–H and O–H groups in total. The van der Waals surface area contributed by atoms with Gasteiger partial charge in [0.1, 0.15) is 0 Å². The molecule has 0 saturated heterocycles. The summed E-state index contributed by atoms with van der Waals surface area (Å²) < 4.78 is 35.0. The van der Waals surface area contributed by atoms with Gasteiger partial charge in [0.15, 0.2) is 11.6 Å². The van der Waals surface area contributed by atoms with E-state index in [0.717, 1.165) is 30.7 Å². The van der Waals surface area contributed by atoms with Crippen LogP contribution in [0, 0.1) is 17.6 Å². The maximum Gasteiger partial charge on any atom is 0.201 e. The van der Waals surface area contributed by atoms with Gasteiger partial charge in [-0.2, -0.15) is 4.39 Å². The number of rotatable bonds is 16. The molecule has 3 rings (SSSR count). The molecular formula is C33H48F2O. The van der Waals surface area contributed by atoms with Crippen molar-refractivity contribution in [3.05, 3.63) is 53.6 Å². The van der Waals surface area contributed by atoms with Crippen molar-refractivity contribution in [2.45, 2.75) is 122 Å². The molecule has 3 heteroatoms. The molecule has 2 aromatic carbocycles. The lowest BCUT2D eigenvalue weighted by Crippen LogP contribution is -2.13. The van der Waals surface area contributed by atoms with E-state index in [1.54, 1.807) is 12.1 Å². The van der Waals surface area contributed by atoms with E-state index in [0.29, 0.717) is 18.1 Å². The van der Waals surface area contributed by atoms with Crippen molar-refractivity contribution in [2.75, 3.05) is 6.61 Å². The Morgan fingerprint density at radius 3 is 1.94 bits per heavy atom. The Balaban J connectivity index is 1.46. The summed E-state index contributed by atoms with van der Waals surface area (Å²) in [6, 6.07) is 11.3. The highest BCUT2D eigenvalue weighted by molar-refractivity contribution is 5.65.